The third-order valence-corrected chi connectivity index (χ3v) is 3.37. The lowest BCUT2D eigenvalue weighted by Crippen LogP contribution is -2.47. The van der Waals surface area contributed by atoms with Crippen molar-refractivity contribution in [2.24, 2.45) is 0 Å². The standard InChI is InChI=1S/C14H20FN3O/c1-17-8-10-18(11-9-17)14(19)6-7-16-13-4-2-12(15)3-5-13/h2-5,16H,6-11H2,1H3. The maximum atomic E-state index is 12.7. The second-order valence-corrected chi connectivity index (χ2v) is 4.87. The number of nitrogens with one attached hydrogen (secondary N) is 1. The number of amides is 1. The zero-order chi connectivity index (χ0) is 13.7. The molecule has 0 radical (unpaired) electrons. The molecule has 104 valence electrons. The van der Waals surface area contributed by atoms with Crippen LogP contribution in [0.4, 0.5) is 10.1 Å². The lowest BCUT2D eigenvalue weighted by atomic mass is 10.2. The number of carbonyl (C=O) groups is 1. The average molecular weight is 265 g/mol. The van der Waals surface area contributed by atoms with E-state index in [1.807, 2.05) is 4.90 Å². The van der Waals surface area contributed by atoms with Crippen molar-refractivity contribution in [2.45, 2.75) is 6.42 Å². The van der Waals surface area contributed by atoms with Crippen LogP contribution in [0.2, 0.25) is 0 Å². The second-order valence-electron chi connectivity index (χ2n) is 4.87. The van der Waals surface area contributed by atoms with Gasteiger partial charge in [0, 0.05) is 44.8 Å². The molecule has 0 spiro atoms. The molecule has 0 bridgehead atoms. The van der Waals surface area contributed by atoms with E-state index in [-0.39, 0.29) is 11.7 Å². The summed E-state index contributed by atoms with van der Waals surface area (Å²) in [5.74, 6) is -0.0678. The first-order valence-corrected chi connectivity index (χ1v) is 6.61. The van der Waals surface area contributed by atoms with Crippen LogP contribution in [-0.2, 0) is 4.79 Å². The molecular weight excluding hydrogens is 245 g/mol. The van der Waals surface area contributed by atoms with Crippen molar-refractivity contribution in [1.82, 2.24) is 9.80 Å². The fourth-order valence-electron chi connectivity index (χ4n) is 2.10. The van der Waals surface area contributed by atoms with E-state index in [2.05, 4.69) is 17.3 Å². The SMILES string of the molecule is CN1CCN(C(=O)CCNc2ccc(F)cc2)CC1. The van der Waals surface area contributed by atoms with Gasteiger partial charge in [0.15, 0.2) is 0 Å². The van der Waals surface area contributed by atoms with Crippen molar-refractivity contribution in [3.05, 3.63) is 30.1 Å². The third kappa shape index (κ3) is 4.21. The Morgan fingerprint density at radius 2 is 1.84 bits per heavy atom. The highest BCUT2D eigenvalue weighted by molar-refractivity contribution is 5.76. The van der Waals surface area contributed by atoms with Gasteiger partial charge in [0.2, 0.25) is 5.91 Å². The molecule has 1 saturated heterocycles. The summed E-state index contributed by atoms with van der Waals surface area (Å²) >= 11 is 0. The van der Waals surface area contributed by atoms with Crippen molar-refractivity contribution in [3.63, 3.8) is 0 Å². The van der Waals surface area contributed by atoms with Crippen molar-refractivity contribution >= 4 is 11.6 Å². The minimum atomic E-state index is -0.251. The molecular formula is C14H20FN3O. The van der Waals surface area contributed by atoms with E-state index in [1.165, 1.54) is 12.1 Å². The molecule has 1 amide bonds. The van der Waals surface area contributed by atoms with Crippen molar-refractivity contribution in [1.29, 1.82) is 0 Å². The summed E-state index contributed by atoms with van der Waals surface area (Å²) in [7, 11) is 2.07. The van der Waals surface area contributed by atoms with Crippen LogP contribution in [-0.4, -0.2) is 55.5 Å². The van der Waals surface area contributed by atoms with Crippen LogP contribution in [0, 0.1) is 5.82 Å². The van der Waals surface area contributed by atoms with Gasteiger partial charge in [-0.3, -0.25) is 4.79 Å². The molecule has 1 aromatic carbocycles. The first-order chi connectivity index (χ1) is 9.15. The number of anilines is 1. The molecule has 0 saturated carbocycles. The molecule has 5 heteroatoms. The van der Waals surface area contributed by atoms with Crippen LogP contribution in [0.15, 0.2) is 24.3 Å². The molecule has 0 unspecified atom stereocenters. The molecule has 0 aromatic heterocycles. The van der Waals surface area contributed by atoms with Gasteiger partial charge in [0.25, 0.3) is 0 Å². The summed E-state index contributed by atoms with van der Waals surface area (Å²) in [4.78, 5) is 16.1. The Balaban J connectivity index is 1.70. The largest absolute Gasteiger partial charge is 0.385 e. The van der Waals surface area contributed by atoms with Gasteiger partial charge >= 0.3 is 0 Å². The number of hydrogen-bond acceptors (Lipinski definition) is 3. The number of benzene rings is 1. The van der Waals surface area contributed by atoms with Crippen LogP contribution in [0.1, 0.15) is 6.42 Å². The molecule has 0 atom stereocenters. The fraction of sp³-hybridized carbons (Fsp3) is 0.500. The molecule has 4 nitrogen and oxygen atoms in total. The molecule has 1 aliphatic heterocycles. The molecule has 1 aliphatic rings. The molecule has 1 aromatic rings. The third-order valence-electron chi connectivity index (χ3n) is 3.37. The number of hydrogen-bond donors (Lipinski definition) is 1. The van der Waals surface area contributed by atoms with Gasteiger partial charge in [-0.15, -0.1) is 0 Å². The minimum absolute atomic E-state index is 0.183. The van der Waals surface area contributed by atoms with Crippen LogP contribution in [0.5, 0.6) is 0 Å². The first-order valence-electron chi connectivity index (χ1n) is 6.61. The van der Waals surface area contributed by atoms with E-state index in [4.69, 9.17) is 0 Å². The highest BCUT2D eigenvalue weighted by Gasteiger charge is 2.18. The minimum Gasteiger partial charge on any atom is -0.385 e. The predicted octanol–water partition coefficient (Wildman–Crippen LogP) is 1.40. The predicted molar refractivity (Wildman–Crippen MR) is 73.6 cm³/mol. The van der Waals surface area contributed by atoms with Gasteiger partial charge in [0.1, 0.15) is 5.82 Å². The van der Waals surface area contributed by atoms with Gasteiger partial charge < -0.3 is 15.1 Å². The lowest BCUT2D eigenvalue weighted by molar-refractivity contribution is -0.132. The zero-order valence-corrected chi connectivity index (χ0v) is 11.2. The van der Waals surface area contributed by atoms with Crippen LogP contribution in [0.3, 0.4) is 0 Å². The molecule has 1 fully saturated rings. The van der Waals surface area contributed by atoms with Gasteiger partial charge in [-0.2, -0.15) is 0 Å². The lowest BCUT2D eigenvalue weighted by Gasteiger charge is -2.32. The fourth-order valence-corrected chi connectivity index (χ4v) is 2.10. The average Bonchev–Trinajstić information content (AvgIpc) is 2.41. The summed E-state index contributed by atoms with van der Waals surface area (Å²) in [6, 6.07) is 6.17. The maximum Gasteiger partial charge on any atom is 0.224 e. The quantitative estimate of drug-likeness (QED) is 0.894. The van der Waals surface area contributed by atoms with Crippen LogP contribution >= 0.6 is 0 Å². The van der Waals surface area contributed by atoms with Gasteiger partial charge in [0.05, 0.1) is 0 Å². The van der Waals surface area contributed by atoms with E-state index < -0.39 is 0 Å². The Bertz CT molecular complexity index is 413. The number of carbonyl (C=O) groups excluding carboxylic acids is 1. The van der Waals surface area contributed by atoms with Crippen molar-refractivity contribution in [2.75, 3.05) is 45.1 Å². The topological polar surface area (TPSA) is 35.6 Å². The Morgan fingerprint density at radius 1 is 1.21 bits per heavy atom. The van der Waals surface area contributed by atoms with E-state index in [0.717, 1.165) is 31.9 Å². The van der Waals surface area contributed by atoms with Crippen molar-refractivity contribution < 1.29 is 9.18 Å². The highest BCUT2D eigenvalue weighted by atomic mass is 19.1. The van der Waals surface area contributed by atoms with E-state index in [1.54, 1.807) is 12.1 Å². The Morgan fingerprint density at radius 3 is 2.47 bits per heavy atom. The first kappa shape index (κ1) is 13.8. The molecule has 2 rings (SSSR count). The second kappa shape index (κ2) is 6.52. The van der Waals surface area contributed by atoms with Gasteiger partial charge in [-0.05, 0) is 31.3 Å². The number of piperazine rings is 1. The Hall–Kier alpha value is -1.62. The summed E-state index contributed by atoms with van der Waals surface area (Å²) < 4.78 is 12.7. The van der Waals surface area contributed by atoms with E-state index >= 15 is 0 Å². The summed E-state index contributed by atoms with van der Waals surface area (Å²) in [6.45, 7) is 4.09. The summed E-state index contributed by atoms with van der Waals surface area (Å²) in [6.07, 6.45) is 0.473. The van der Waals surface area contributed by atoms with Crippen molar-refractivity contribution in [3.8, 4) is 0 Å². The number of rotatable bonds is 4. The molecule has 19 heavy (non-hydrogen) atoms. The van der Waals surface area contributed by atoms with Crippen LogP contribution < -0.4 is 5.32 Å². The monoisotopic (exact) mass is 265 g/mol. The number of halogens is 1. The van der Waals surface area contributed by atoms with E-state index in [9.17, 15) is 9.18 Å². The van der Waals surface area contributed by atoms with Crippen LogP contribution in [0.25, 0.3) is 0 Å². The number of nitrogens with zero attached hydrogens (tertiary/aromatic N) is 2. The summed E-state index contributed by atoms with van der Waals surface area (Å²) in [5, 5.41) is 3.13. The Labute approximate surface area is 113 Å². The normalized spacial score (nSPS) is 16.4. The summed E-state index contributed by atoms with van der Waals surface area (Å²) in [5.41, 5.74) is 0.840. The van der Waals surface area contributed by atoms with Gasteiger partial charge in [-0.25, -0.2) is 4.39 Å². The zero-order valence-electron chi connectivity index (χ0n) is 11.2. The highest BCUT2D eigenvalue weighted by Crippen LogP contribution is 2.08. The molecule has 1 heterocycles. The maximum absolute atomic E-state index is 12.7. The van der Waals surface area contributed by atoms with Gasteiger partial charge in [-0.1, -0.05) is 0 Å². The molecule has 1 N–H and O–H groups in total. The number of likely N-dealkylation sites (N-methyl/N-ethyl adjacent to an activating group) is 1. The Kier molecular flexibility index (Phi) is 4.74. The smallest absolute Gasteiger partial charge is 0.224 e. The molecule has 0 aliphatic carbocycles. The van der Waals surface area contributed by atoms with E-state index in [0.29, 0.717) is 13.0 Å².